The molecule has 2 atom stereocenters. The molecule has 7 rings (SSSR count). The van der Waals surface area contributed by atoms with Gasteiger partial charge in [0.15, 0.2) is 11.7 Å². The van der Waals surface area contributed by atoms with Crippen molar-refractivity contribution in [3.05, 3.63) is 126 Å². The van der Waals surface area contributed by atoms with E-state index in [0.29, 0.717) is 0 Å². The number of benzene rings is 3. The Hall–Kier alpha value is -3.79. The molecule has 0 aliphatic carbocycles. The van der Waals surface area contributed by atoms with Crippen molar-refractivity contribution < 1.29 is 4.57 Å². The standard InChI is InChI=1S/C39H36NS2/c1-5-38(3)34-18-17-29(26-33(34)35-14-7-8-19-40(35)39(38,4)6-2)27-12-9-13-28(22-27)30-23-31(36-15-10-20-41-36)25-32(24-30)37-16-11-21-42-37/h7-26H,5-6H2,1-4H3/q+1. The lowest BCUT2D eigenvalue weighted by Crippen LogP contribution is -2.67. The minimum Gasteiger partial charge on any atom is -0.192 e. The van der Waals surface area contributed by atoms with Crippen molar-refractivity contribution in [1.82, 2.24) is 0 Å². The van der Waals surface area contributed by atoms with Gasteiger partial charge in [0.1, 0.15) is 0 Å². The van der Waals surface area contributed by atoms with E-state index >= 15 is 0 Å². The second kappa shape index (κ2) is 10.5. The van der Waals surface area contributed by atoms with Crippen LogP contribution in [-0.4, -0.2) is 0 Å². The molecule has 0 saturated carbocycles. The number of thiophene rings is 2. The van der Waals surface area contributed by atoms with Crippen molar-refractivity contribution in [3.63, 3.8) is 0 Å². The van der Waals surface area contributed by atoms with Gasteiger partial charge in [0.05, 0.1) is 11.0 Å². The van der Waals surface area contributed by atoms with E-state index in [-0.39, 0.29) is 11.0 Å². The summed E-state index contributed by atoms with van der Waals surface area (Å²) in [6, 6.07) is 38.7. The second-order valence-electron chi connectivity index (χ2n) is 11.9. The van der Waals surface area contributed by atoms with E-state index in [1.54, 1.807) is 22.7 Å². The molecule has 208 valence electrons. The average Bonchev–Trinajstić information content (AvgIpc) is 3.79. The van der Waals surface area contributed by atoms with E-state index in [4.69, 9.17) is 0 Å². The Morgan fingerprint density at radius 2 is 1.19 bits per heavy atom. The zero-order valence-electron chi connectivity index (χ0n) is 24.7. The third kappa shape index (κ3) is 4.21. The minimum atomic E-state index is 0.0145. The predicted octanol–water partition coefficient (Wildman–Crippen LogP) is 11.2. The number of hydrogen-bond donors (Lipinski definition) is 0. The van der Waals surface area contributed by atoms with Crippen LogP contribution in [0.15, 0.2) is 120 Å². The highest BCUT2D eigenvalue weighted by atomic mass is 32.1. The fraction of sp³-hybridized carbons (Fsp3) is 0.205. The molecule has 0 bridgehead atoms. The molecule has 0 radical (unpaired) electrons. The molecule has 3 heteroatoms. The zero-order chi connectivity index (χ0) is 28.9. The lowest BCUT2D eigenvalue weighted by atomic mass is 9.60. The molecule has 0 fully saturated rings. The summed E-state index contributed by atoms with van der Waals surface area (Å²) < 4.78 is 2.54. The Labute approximate surface area is 257 Å². The third-order valence-corrected chi connectivity index (χ3v) is 11.8. The van der Waals surface area contributed by atoms with E-state index < -0.39 is 0 Å². The van der Waals surface area contributed by atoms with Crippen molar-refractivity contribution in [2.24, 2.45) is 0 Å². The Morgan fingerprint density at radius 1 is 0.571 bits per heavy atom. The van der Waals surface area contributed by atoms with Crippen molar-refractivity contribution >= 4 is 22.7 Å². The number of nitrogens with zero attached hydrogens (tertiary/aromatic N) is 1. The number of fused-ring (bicyclic) bond motifs is 3. The summed E-state index contributed by atoms with van der Waals surface area (Å²) >= 11 is 3.60. The molecular formula is C39H36NS2+. The molecule has 3 aromatic carbocycles. The monoisotopic (exact) mass is 582 g/mol. The third-order valence-electron chi connectivity index (χ3n) is 9.94. The van der Waals surface area contributed by atoms with Crippen LogP contribution in [0.25, 0.3) is 54.4 Å². The molecule has 0 N–H and O–H groups in total. The maximum Gasteiger partial charge on any atom is 0.213 e. The highest BCUT2D eigenvalue weighted by Gasteiger charge is 2.56. The minimum absolute atomic E-state index is 0.0145. The molecule has 3 aromatic heterocycles. The molecule has 1 nitrogen and oxygen atoms in total. The molecule has 4 heterocycles. The lowest BCUT2D eigenvalue weighted by molar-refractivity contribution is -0.765. The van der Waals surface area contributed by atoms with Crippen LogP contribution >= 0.6 is 22.7 Å². The zero-order valence-corrected chi connectivity index (χ0v) is 26.4. The molecule has 1 aliphatic rings. The van der Waals surface area contributed by atoms with Gasteiger partial charge in [0.25, 0.3) is 0 Å². The first kappa shape index (κ1) is 27.1. The first-order valence-corrected chi connectivity index (χ1v) is 16.7. The maximum atomic E-state index is 2.54. The van der Waals surface area contributed by atoms with Crippen molar-refractivity contribution in [2.75, 3.05) is 0 Å². The Balaban J connectivity index is 1.36. The predicted molar refractivity (Wildman–Crippen MR) is 181 cm³/mol. The highest BCUT2D eigenvalue weighted by molar-refractivity contribution is 7.14. The first-order valence-electron chi connectivity index (χ1n) is 14.9. The van der Waals surface area contributed by atoms with E-state index in [0.717, 1.165) is 12.8 Å². The molecule has 0 amide bonds. The van der Waals surface area contributed by atoms with Gasteiger partial charge in [-0.25, -0.2) is 0 Å². The summed E-state index contributed by atoms with van der Waals surface area (Å²) in [6.45, 7) is 9.58. The lowest BCUT2D eigenvalue weighted by Gasteiger charge is -2.46. The Bertz CT molecular complexity index is 1830. The smallest absolute Gasteiger partial charge is 0.192 e. The van der Waals surface area contributed by atoms with Gasteiger partial charge in [-0.15, -0.1) is 22.7 Å². The molecular weight excluding hydrogens is 547 g/mol. The maximum absolute atomic E-state index is 2.54. The van der Waals surface area contributed by atoms with Gasteiger partial charge in [-0.05, 0) is 112 Å². The largest absolute Gasteiger partial charge is 0.213 e. The SMILES string of the molecule is CCC1(C)c2ccc(-c3cccc(-c4cc(-c5cccs5)cc(-c5cccs5)c4)c3)cc2-c2cccc[n+]2C1(C)CC. The summed E-state index contributed by atoms with van der Waals surface area (Å²) in [4.78, 5) is 2.60. The van der Waals surface area contributed by atoms with Gasteiger partial charge in [0, 0.05) is 35.2 Å². The number of pyridine rings is 1. The summed E-state index contributed by atoms with van der Waals surface area (Å²) in [5.41, 5.74) is 11.7. The number of rotatable bonds is 6. The van der Waals surface area contributed by atoms with Crippen LogP contribution in [0.1, 0.15) is 46.1 Å². The number of hydrogen-bond acceptors (Lipinski definition) is 2. The normalized spacial score (nSPS) is 19.3. The molecule has 2 unspecified atom stereocenters. The van der Waals surface area contributed by atoms with Crippen LogP contribution in [0.5, 0.6) is 0 Å². The second-order valence-corrected chi connectivity index (χ2v) is 13.8. The first-order chi connectivity index (χ1) is 20.4. The summed E-state index contributed by atoms with van der Waals surface area (Å²) in [5.74, 6) is 0. The average molecular weight is 583 g/mol. The van der Waals surface area contributed by atoms with Gasteiger partial charge in [-0.1, -0.05) is 56.3 Å². The Morgan fingerprint density at radius 3 is 1.81 bits per heavy atom. The molecule has 0 spiro atoms. The van der Waals surface area contributed by atoms with E-state index in [1.165, 1.54) is 60.0 Å². The molecule has 6 aromatic rings. The van der Waals surface area contributed by atoms with Gasteiger partial charge in [-0.2, -0.15) is 4.57 Å². The molecule has 0 saturated heterocycles. The van der Waals surface area contributed by atoms with Gasteiger partial charge >= 0.3 is 0 Å². The van der Waals surface area contributed by atoms with E-state index in [1.807, 2.05) is 0 Å². The van der Waals surface area contributed by atoms with Crippen LogP contribution in [0.2, 0.25) is 0 Å². The Kier molecular flexibility index (Phi) is 6.76. The van der Waals surface area contributed by atoms with E-state index in [2.05, 4.69) is 152 Å². The van der Waals surface area contributed by atoms with E-state index in [9.17, 15) is 0 Å². The fourth-order valence-corrected chi connectivity index (χ4v) is 8.47. The summed E-state index contributed by atoms with van der Waals surface area (Å²) in [5, 5.41) is 4.32. The van der Waals surface area contributed by atoms with Gasteiger partial charge in [-0.3, -0.25) is 0 Å². The van der Waals surface area contributed by atoms with Crippen LogP contribution in [0, 0.1) is 0 Å². The molecule has 1 aliphatic heterocycles. The summed E-state index contributed by atoms with van der Waals surface area (Å²) in [6.07, 6.45) is 4.46. The van der Waals surface area contributed by atoms with Crippen LogP contribution in [0.3, 0.4) is 0 Å². The van der Waals surface area contributed by atoms with Crippen molar-refractivity contribution in [2.45, 2.75) is 51.5 Å². The van der Waals surface area contributed by atoms with Crippen LogP contribution in [-0.2, 0) is 11.0 Å². The van der Waals surface area contributed by atoms with Crippen molar-refractivity contribution in [1.29, 1.82) is 0 Å². The van der Waals surface area contributed by atoms with Gasteiger partial charge in [0.2, 0.25) is 5.69 Å². The van der Waals surface area contributed by atoms with Crippen LogP contribution in [0.4, 0.5) is 0 Å². The van der Waals surface area contributed by atoms with Crippen molar-refractivity contribution in [3.8, 4) is 54.4 Å². The van der Waals surface area contributed by atoms with Gasteiger partial charge < -0.3 is 0 Å². The summed E-state index contributed by atoms with van der Waals surface area (Å²) in [7, 11) is 0. The number of aromatic nitrogens is 1. The highest BCUT2D eigenvalue weighted by Crippen LogP contribution is 2.50. The fourth-order valence-electron chi connectivity index (χ4n) is 7.04. The quantitative estimate of drug-likeness (QED) is 0.172. The molecule has 42 heavy (non-hydrogen) atoms. The van der Waals surface area contributed by atoms with Crippen LogP contribution < -0.4 is 4.57 Å². The topological polar surface area (TPSA) is 3.88 Å².